The number of hydrogen-bond donors (Lipinski definition) is 1. The van der Waals surface area contributed by atoms with Crippen LogP contribution in [0.25, 0.3) is 0 Å². The van der Waals surface area contributed by atoms with Crippen LogP contribution in [0.2, 0.25) is 5.02 Å². The van der Waals surface area contributed by atoms with Crippen LogP contribution in [0.5, 0.6) is 0 Å². The zero-order chi connectivity index (χ0) is 12.0. The van der Waals surface area contributed by atoms with Crippen LogP contribution in [0.15, 0.2) is 18.2 Å². The van der Waals surface area contributed by atoms with Gasteiger partial charge in [-0.3, -0.25) is 4.79 Å². The van der Waals surface area contributed by atoms with E-state index in [0.29, 0.717) is 5.02 Å². The number of benzene rings is 1. The highest BCUT2D eigenvalue weighted by atomic mass is 35.5. The van der Waals surface area contributed by atoms with Gasteiger partial charge in [-0.2, -0.15) is 0 Å². The molecule has 1 aromatic carbocycles. The minimum atomic E-state index is -0.420. The third-order valence-corrected chi connectivity index (χ3v) is 2.54. The number of ketones is 1. The van der Waals surface area contributed by atoms with Crippen molar-refractivity contribution in [3.05, 3.63) is 34.6 Å². The topological polar surface area (TPSA) is 29.1 Å². The van der Waals surface area contributed by atoms with E-state index in [4.69, 9.17) is 11.6 Å². The monoisotopic (exact) mass is 243 g/mol. The molecule has 88 valence electrons. The molecule has 0 heterocycles. The van der Waals surface area contributed by atoms with Crippen LogP contribution in [0.1, 0.15) is 18.9 Å². The maximum Gasteiger partial charge on any atom is 0.151 e. The molecule has 0 unspecified atom stereocenters. The lowest BCUT2D eigenvalue weighted by Gasteiger charge is -2.05. The minimum Gasteiger partial charge on any atom is -0.310 e. The lowest BCUT2D eigenvalue weighted by molar-refractivity contribution is -0.117. The van der Waals surface area contributed by atoms with Gasteiger partial charge in [0.25, 0.3) is 0 Å². The SMILES string of the molecule is CCCNCC(=O)Cc1c(F)cccc1Cl. The van der Waals surface area contributed by atoms with Crippen molar-refractivity contribution in [2.45, 2.75) is 19.8 Å². The molecule has 0 atom stereocenters. The molecule has 0 bridgehead atoms. The summed E-state index contributed by atoms with van der Waals surface area (Å²) in [5.74, 6) is -0.475. The molecule has 2 nitrogen and oxygen atoms in total. The Labute approximate surface area is 99.8 Å². The Morgan fingerprint density at radius 1 is 1.50 bits per heavy atom. The second-order valence-corrected chi connectivity index (χ2v) is 4.00. The molecule has 0 radical (unpaired) electrons. The number of rotatable bonds is 6. The normalized spacial score (nSPS) is 10.4. The van der Waals surface area contributed by atoms with Gasteiger partial charge in [-0.15, -0.1) is 0 Å². The summed E-state index contributed by atoms with van der Waals surface area (Å²) in [6.45, 7) is 3.07. The standard InChI is InChI=1S/C12H15ClFNO/c1-2-6-15-8-9(16)7-10-11(13)4-3-5-12(10)14/h3-5,15H,2,6-8H2,1H3. The summed E-state index contributed by atoms with van der Waals surface area (Å²) in [5.41, 5.74) is 0.285. The number of halogens is 2. The van der Waals surface area contributed by atoms with Gasteiger partial charge in [0, 0.05) is 17.0 Å². The Kier molecular flexibility index (Phi) is 5.43. The smallest absolute Gasteiger partial charge is 0.151 e. The third kappa shape index (κ3) is 3.91. The summed E-state index contributed by atoms with van der Waals surface area (Å²) in [6, 6.07) is 4.43. The number of carbonyl (C=O) groups is 1. The first-order chi connectivity index (χ1) is 7.65. The van der Waals surface area contributed by atoms with Gasteiger partial charge in [0.2, 0.25) is 0 Å². The second-order valence-electron chi connectivity index (χ2n) is 3.59. The van der Waals surface area contributed by atoms with Gasteiger partial charge in [-0.1, -0.05) is 24.6 Å². The summed E-state index contributed by atoms with van der Waals surface area (Å²) < 4.78 is 13.3. The average molecular weight is 244 g/mol. The number of nitrogens with one attached hydrogen (secondary N) is 1. The Morgan fingerprint density at radius 3 is 2.88 bits per heavy atom. The fraction of sp³-hybridized carbons (Fsp3) is 0.417. The summed E-state index contributed by atoms with van der Waals surface area (Å²) >= 11 is 5.82. The first-order valence-electron chi connectivity index (χ1n) is 5.30. The fourth-order valence-corrected chi connectivity index (χ4v) is 1.60. The first kappa shape index (κ1) is 13.1. The Morgan fingerprint density at radius 2 is 2.25 bits per heavy atom. The molecule has 1 rings (SSSR count). The molecule has 0 saturated carbocycles. The van der Waals surface area contributed by atoms with Gasteiger partial charge in [0.1, 0.15) is 5.82 Å². The van der Waals surface area contributed by atoms with Crippen molar-refractivity contribution in [3.63, 3.8) is 0 Å². The van der Waals surface area contributed by atoms with E-state index >= 15 is 0 Å². The van der Waals surface area contributed by atoms with Crippen LogP contribution in [0.4, 0.5) is 4.39 Å². The number of hydrogen-bond acceptors (Lipinski definition) is 2. The van der Waals surface area contributed by atoms with Gasteiger partial charge in [0.15, 0.2) is 5.78 Å². The molecule has 4 heteroatoms. The molecule has 0 aromatic heterocycles. The molecule has 1 aromatic rings. The zero-order valence-corrected chi connectivity index (χ0v) is 9.98. The number of Topliss-reactive ketones (excluding diaryl/α,β-unsaturated/α-hetero) is 1. The van der Waals surface area contributed by atoms with Crippen molar-refractivity contribution >= 4 is 17.4 Å². The van der Waals surface area contributed by atoms with Crippen LogP contribution in [-0.4, -0.2) is 18.9 Å². The van der Waals surface area contributed by atoms with Crippen LogP contribution in [0, 0.1) is 5.82 Å². The average Bonchev–Trinajstić information content (AvgIpc) is 2.24. The van der Waals surface area contributed by atoms with E-state index in [1.165, 1.54) is 12.1 Å². The minimum absolute atomic E-state index is 0.0439. The zero-order valence-electron chi connectivity index (χ0n) is 9.22. The highest BCUT2D eigenvalue weighted by Gasteiger charge is 2.11. The van der Waals surface area contributed by atoms with E-state index in [0.717, 1.165) is 13.0 Å². The van der Waals surface area contributed by atoms with Crippen molar-refractivity contribution in [1.29, 1.82) is 0 Å². The van der Waals surface area contributed by atoms with Crippen LogP contribution >= 0.6 is 11.6 Å². The quantitative estimate of drug-likeness (QED) is 0.779. The molecule has 0 aliphatic rings. The fourth-order valence-electron chi connectivity index (χ4n) is 1.37. The predicted molar refractivity (Wildman–Crippen MR) is 63.3 cm³/mol. The maximum absolute atomic E-state index is 13.3. The van der Waals surface area contributed by atoms with Gasteiger partial charge in [0.05, 0.1) is 6.54 Å². The van der Waals surface area contributed by atoms with Gasteiger partial charge >= 0.3 is 0 Å². The molecule has 0 amide bonds. The molecule has 0 aliphatic heterocycles. The largest absolute Gasteiger partial charge is 0.310 e. The first-order valence-corrected chi connectivity index (χ1v) is 5.68. The van der Waals surface area contributed by atoms with Gasteiger partial charge in [-0.25, -0.2) is 4.39 Å². The molecule has 0 aliphatic carbocycles. The molecule has 0 saturated heterocycles. The van der Waals surface area contributed by atoms with Gasteiger partial charge < -0.3 is 5.32 Å². The van der Waals surface area contributed by atoms with Gasteiger partial charge in [-0.05, 0) is 25.1 Å². The van der Waals surface area contributed by atoms with E-state index in [1.54, 1.807) is 6.07 Å². The lowest BCUT2D eigenvalue weighted by Crippen LogP contribution is -2.25. The van der Waals surface area contributed by atoms with Crippen molar-refractivity contribution in [2.24, 2.45) is 0 Å². The third-order valence-electron chi connectivity index (χ3n) is 2.18. The summed E-state index contributed by atoms with van der Waals surface area (Å²) in [5, 5.41) is 3.29. The van der Waals surface area contributed by atoms with Crippen molar-refractivity contribution in [2.75, 3.05) is 13.1 Å². The van der Waals surface area contributed by atoms with Crippen molar-refractivity contribution < 1.29 is 9.18 Å². The van der Waals surface area contributed by atoms with E-state index in [1.807, 2.05) is 6.92 Å². The van der Waals surface area contributed by atoms with Crippen molar-refractivity contribution in [3.8, 4) is 0 Å². The summed E-state index contributed by atoms with van der Waals surface area (Å²) in [7, 11) is 0. The molecule has 1 N–H and O–H groups in total. The van der Waals surface area contributed by atoms with Crippen LogP contribution in [-0.2, 0) is 11.2 Å². The van der Waals surface area contributed by atoms with E-state index in [-0.39, 0.29) is 24.3 Å². The molecular weight excluding hydrogens is 229 g/mol. The molecule has 0 fully saturated rings. The van der Waals surface area contributed by atoms with E-state index in [9.17, 15) is 9.18 Å². The highest BCUT2D eigenvalue weighted by Crippen LogP contribution is 2.19. The lowest BCUT2D eigenvalue weighted by atomic mass is 10.1. The van der Waals surface area contributed by atoms with E-state index in [2.05, 4.69) is 5.32 Å². The maximum atomic E-state index is 13.3. The molecule has 16 heavy (non-hydrogen) atoms. The Balaban J connectivity index is 2.56. The van der Waals surface area contributed by atoms with Crippen LogP contribution in [0.3, 0.4) is 0 Å². The summed E-state index contributed by atoms with van der Waals surface area (Å²) in [6.07, 6.45) is 1.01. The number of carbonyl (C=O) groups excluding carboxylic acids is 1. The van der Waals surface area contributed by atoms with Crippen LogP contribution < -0.4 is 5.32 Å². The molecular formula is C12H15ClFNO. The van der Waals surface area contributed by atoms with Crippen molar-refractivity contribution in [1.82, 2.24) is 5.32 Å². The predicted octanol–water partition coefficient (Wildman–Crippen LogP) is 2.59. The van der Waals surface area contributed by atoms with E-state index < -0.39 is 5.82 Å². The second kappa shape index (κ2) is 6.61. The highest BCUT2D eigenvalue weighted by molar-refractivity contribution is 6.31. The Bertz CT molecular complexity index is 348. The summed E-state index contributed by atoms with van der Waals surface area (Å²) in [4.78, 5) is 11.5. The Hall–Kier alpha value is -0.930. The molecule has 0 spiro atoms.